The van der Waals surface area contributed by atoms with Crippen LogP contribution in [-0.4, -0.2) is 36.2 Å². The number of aromatic nitrogens is 2. The smallest absolute Gasteiger partial charge is 0.262 e. The van der Waals surface area contributed by atoms with Gasteiger partial charge in [0, 0.05) is 13.1 Å². The minimum absolute atomic E-state index is 0.0528. The number of nitrogens with zero attached hydrogens (tertiary/aromatic N) is 2. The molecule has 0 aliphatic carbocycles. The lowest BCUT2D eigenvalue weighted by Gasteiger charge is -2.15. The number of carbonyl (C=O) groups excluding carboxylic acids is 1. The van der Waals surface area contributed by atoms with Crippen molar-refractivity contribution < 1.29 is 13.2 Å². The summed E-state index contributed by atoms with van der Waals surface area (Å²) in [5.41, 5.74) is 1.39. The van der Waals surface area contributed by atoms with E-state index in [1.54, 1.807) is 28.8 Å². The molecule has 170 valence electrons. The standard InChI is InChI=1S/C22H26N4O4S2/c1-15(2)13-26-21(28)18-5-3-4-6-19(18)25-22(26)31-14-20(27)24-12-11-16-7-9-17(10-8-16)32(23,29)30/h3-10,15H,11-14H2,1-2H3,(H,24,27)(H2,23,29,30). The molecule has 8 nitrogen and oxygen atoms in total. The summed E-state index contributed by atoms with van der Waals surface area (Å²) < 4.78 is 24.2. The van der Waals surface area contributed by atoms with E-state index in [2.05, 4.69) is 10.3 Å². The van der Waals surface area contributed by atoms with Crippen molar-refractivity contribution in [1.29, 1.82) is 0 Å². The number of amides is 1. The van der Waals surface area contributed by atoms with Crippen LogP contribution in [-0.2, 0) is 27.8 Å². The molecule has 0 aliphatic rings. The molecule has 3 aromatic rings. The van der Waals surface area contributed by atoms with E-state index in [1.165, 1.54) is 23.9 Å². The second-order valence-electron chi connectivity index (χ2n) is 7.80. The van der Waals surface area contributed by atoms with Crippen LogP contribution in [0.5, 0.6) is 0 Å². The quantitative estimate of drug-likeness (QED) is 0.362. The van der Waals surface area contributed by atoms with Gasteiger partial charge < -0.3 is 5.32 Å². The first kappa shape index (κ1) is 24.0. The van der Waals surface area contributed by atoms with Gasteiger partial charge in [-0.05, 0) is 42.2 Å². The van der Waals surface area contributed by atoms with E-state index >= 15 is 0 Å². The number of hydrogen-bond acceptors (Lipinski definition) is 6. The molecule has 0 radical (unpaired) electrons. The highest BCUT2D eigenvalue weighted by atomic mass is 32.2. The summed E-state index contributed by atoms with van der Waals surface area (Å²) in [4.78, 5) is 29.9. The van der Waals surface area contributed by atoms with Gasteiger partial charge in [0.25, 0.3) is 5.56 Å². The number of carbonyl (C=O) groups is 1. The lowest BCUT2D eigenvalue weighted by Crippen LogP contribution is -2.29. The molecule has 0 spiro atoms. The van der Waals surface area contributed by atoms with Crippen LogP contribution in [0.1, 0.15) is 19.4 Å². The van der Waals surface area contributed by atoms with Gasteiger partial charge in [-0.3, -0.25) is 14.2 Å². The number of hydrogen-bond donors (Lipinski definition) is 2. The summed E-state index contributed by atoms with van der Waals surface area (Å²) in [5, 5.41) is 9.02. The van der Waals surface area contributed by atoms with Crippen molar-refractivity contribution in [3.63, 3.8) is 0 Å². The minimum atomic E-state index is -3.72. The third kappa shape index (κ3) is 6.18. The Hall–Kier alpha value is -2.69. The van der Waals surface area contributed by atoms with Crippen LogP contribution in [0, 0.1) is 5.92 Å². The highest BCUT2D eigenvalue weighted by Crippen LogP contribution is 2.18. The summed E-state index contributed by atoms with van der Waals surface area (Å²) >= 11 is 1.24. The summed E-state index contributed by atoms with van der Waals surface area (Å²) in [6, 6.07) is 13.4. The highest BCUT2D eigenvalue weighted by molar-refractivity contribution is 7.99. The number of primary sulfonamides is 1. The number of benzene rings is 2. The Labute approximate surface area is 191 Å². The summed E-state index contributed by atoms with van der Waals surface area (Å²) in [7, 11) is -3.72. The molecule has 3 rings (SSSR count). The molecule has 1 aromatic heterocycles. The maximum Gasteiger partial charge on any atom is 0.262 e. The largest absolute Gasteiger partial charge is 0.355 e. The Bertz CT molecular complexity index is 1270. The molecule has 1 amide bonds. The molecular formula is C22H26N4O4S2. The first-order chi connectivity index (χ1) is 15.1. The third-order valence-corrected chi connectivity index (χ3v) is 6.60. The van der Waals surface area contributed by atoms with E-state index in [-0.39, 0.29) is 28.0 Å². The number of sulfonamides is 1. The predicted molar refractivity (Wildman–Crippen MR) is 126 cm³/mol. The van der Waals surface area contributed by atoms with E-state index in [4.69, 9.17) is 5.14 Å². The molecule has 2 aromatic carbocycles. The van der Waals surface area contributed by atoms with Crippen molar-refractivity contribution in [1.82, 2.24) is 14.9 Å². The van der Waals surface area contributed by atoms with Crippen molar-refractivity contribution in [2.24, 2.45) is 11.1 Å². The van der Waals surface area contributed by atoms with Crippen LogP contribution < -0.4 is 16.0 Å². The Morgan fingerprint density at radius 3 is 2.50 bits per heavy atom. The normalized spacial score (nSPS) is 11.8. The average molecular weight is 475 g/mol. The SMILES string of the molecule is CC(C)Cn1c(SCC(=O)NCCc2ccc(S(N)(=O)=O)cc2)nc2ccccc2c1=O. The summed E-state index contributed by atoms with van der Waals surface area (Å²) in [6.07, 6.45) is 0.549. The molecule has 1 heterocycles. The van der Waals surface area contributed by atoms with Gasteiger partial charge in [-0.25, -0.2) is 18.5 Å². The maximum atomic E-state index is 12.9. The number of nitrogens with two attached hydrogens (primary N) is 1. The predicted octanol–water partition coefficient (Wildman–Crippen LogP) is 2.15. The first-order valence-electron chi connectivity index (χ1n) is 10.2. The van der Waals surface area contributed by atoms with Crippen molar-refractivity contribution in [2.45, 2.75) is 36.9 Å². The molecule has 32 heavy (non-hydrogen) atoms. The van der Waals surface area contributed by atoms with Gasteiger partial charge in [0.05, 0.1) is 21.6 Å². The maximum absolute atomic E-state index is 12.9. The van der Waals surface area contributed by atoms with E-state index in [9.17, 15) is 18.0 Å². The molecule has 0 atom stereocenters. The Morgan fingerprint density at radius 1 is 1.16 bits per heavy atom. The van der Waals surface area contributed by atoms with Gasteiger partial charge in [-0.1, -0.05) is 49.9 Å². The Balaban J connectivity index is 1.61. The molecule has 10 heteroatoms. The second kappa shape index (κ2) is 10.3. The van der Waals surface area contributed by atoms with Crippen LogP contribution in [0.25, 0.3) is 10.9 Å². The van der Waals surface area contributed by atoms with Gasteiger partial charge >= 0.3 is 0 Å². The number of para-hydroxylation sites is 1. The lowest BCUT2D eigenvalue weighted by molar-refractivity contribution is -0.118. The molecule has 0 bridgehead atoms. The molecule has 0 fully saturated rings. The van der Waals surface area contributed by atoms with Crippen molar-refractivity contribution >= 4 is 38.6 Å². The third-order valence-electron chi connectivity index (χ3n) is 4.69. The zero-order valence-corrected chi connectivity index (χ0v) is 19.6. The average Bonchev–Trinajstić information content (AvgIpc) is 2.74. The van der Waals surface area contributed by atoms with Gasteiger partial charge in [0.1, 0.15) is 0 Å². The van der Waals surface area contributed by atoms with E-state index in [0.717, 1.165) is 5.56 Å². The number of thioether (sulfide) groups is 1. The molecular weight excluding hydrogens is 448 g/mol. The molecule has 0 saturated heterocycles. The molecule has 0 aliphatic heterocycles. The van der Waals surface area contributed by atoms with Crippen molar-refractivity contribution in [3.05, 3.63) is 64.4 Å². The zero-order valence-electron chi connectivity index (χ0n) is 17.9. The van der Waals surface area contributed by atoms with Crippen LogP contribution in [0.2, 0.25) is 0 Å². The fraction of sp³-hybridized carbons (Fsp3) is 0.318. The van der Waals surface area contributed by atoms with Gasteiger partial charge in [-0.15, -0.1) is 0 Å². The van der Waals surface area contributed by atoms with Crippen molar-refractivity contribution in [3.8, 4) is 0 Å². The van der Waals surface area contributed by atoms with Gasteiger partial charge in [0.2, 0.25) is 15.9 Å². The van der Waals surface area contributed by atoms with Gasteiger partial charge in [-0.2, -0.15) is 0 Å². The fourth-order valence-electron chi connectivity index (χ4n) is 3.16. The Kier molecular flexibility index (Phi) is 7.70. The second-order valence-corrected chi connectivity index (χ2v) is 10.3. The lowest BCUT2D eigenvalue weighted by atomic mass is 10.1. The van der Waals surface area contributed by atoms with Crippen LogP contribution in [0.3, 0.4) is 0 Å². The molecule has 0 saturated carbocycles. The Morgan fingerprint density at radius 2 is 1.84 bits per heavy atom. The number of nitrogens with one attached hydrogen (secondary N) is 1. The number of fused-ring (bicyclic) bond motifs is 1. The number of rotatable bonds is 9. The first-order valence-corrected chi connectivity index (χ1v) is 12.7. The highest BCUT2D eigenvalue weighted by Gasteiger charge is 2.14. The summed E-state index contributed by atoms with van der Waals surface area (Å²) in [6.45, 7) is 4.98. The fourth-order valence-corrected chi connectivity index (χ4v) is 4.51. The zero-order chi connectivity index (χ0) is 23.3. The van der Waals surface area contributed by atoms with Crippen LogP contribution in [0.15, 0.2) is 63.4 Å². The molecule has 0 unspecified atom stereocenters. The van der Waals surface area contributed by atoms with Crippen LogP contribution in [0.4, 0.5) is 0 Å². The van der Waals surface area contributed by atoms with E-state index < -0.39 is 10.0 Å². The van der Waals surface area contributed by atoms with Crippen LogP contribution >= 0.6 is 11.8 Å². The monoisotopic (exact) mass is 474 g/mol. The van der Waals surface area contributed by atoms with E-state index in [1.807, 2.05) is 26.0 Å². The van der Waals surface area contributed by atoms with Gasteiger partial charge in [0.15, 0.2) is 5.16 Å². The summed E-state index contributed by atoms with van der Waals surface area (Å²) in [5.74, 6) is 0.215. The van der Waals surface area contributed by atoms with E-state index in [0.29, 0.717) is 35.6 Å². The topological polar surface area (TPSA) is 124 Å². The molecule has 3 N–H and O–H groups in total. The van der Waals surface area contributed by atoms with Crippen molar-refractivity contribution in [2.75, 3.05) is 12.3 Å². The minimum Gasteiger partial charge on any atom is -0.355 e.